The second-order valence-corrected chi connectivity index (χ2v) is 7.99. The predicted molar refractivity (Wildman–Crippen MR) is 117 cm³/mol. The van der Waals surface area contributed by atoms with E-state index in [2.05, 4.69) is 15.5 Å². The largest absolute Gasteiger partial charge is 0.416 e. The fourth-order valence-electron chi connectivity index (χ4n) is 3.66. The van der Waals surface area contributed by atoms with Gasteiger partial charge in [-0.2, -0.15) is 13.2 Å². The lowest BCUT2D eigenvalue weighted by molar-refractivity contribution is -0.137. The van der Waals surface area contributed by atoms with Crippen molar-refractivity contribution in [2.75, 3.05) is 23.3 Å². The van der Waals surface area contributed by atoms with E-state index in [0.717, 1.165) is 35.3 Å². The number of anilines is 2. The third-order valence-electron chi connectivity index (χ3n) is 5.46. The minimum Gasteiger partial charge on any atom is -0.355 e. The molecule has 2 heterocycles. The Morgan fingerprint density at radius 2 is 1.72 bits per heavy atom. The van der Waals surface area contributed by atoms with Gasteiger partial charge in [-0.25, -0.2) is 0 Å². The van der Waals surface area contributed by atoms with E-state index in [1.54, 1.807) is 0 Å². The van der Waals surface area contributed by atoms with E-state index in [0.29, 0.717) is 25.9 Å². The summed E-state index contributed by atoms with van der Waals surface area (Å²) >= 11 is 5.98. The Labute approximate surface area is 188 Å². The summed E-state index contributed by atoms with van der Waals surface area (Å²) in [5, 5.41) is 11.2. The van der Waals surface area contributed by atoms with Gasteiger partial charge in [-0.3, -0.25) is 4.79 Å². The van der Waals surface area contributed by atoms with Crippen molar-refractivity contribution in [2.45, 2.75) is 19.0 Å². The molecule has 0 saturated carbocycles. The van der Waals surface area contributed by atoms with Gasteiger partial charge < -0.3 is 10.2 Å². The van der Waals surface area contributed by atoms with Crippen LogP contribution >= 0.6 is 11.6 Å². The summed E-state index contributed by atoms with van der Waals surface area (Å²) in [5.41, 5.74) is 0.873. The zero-order valence-corrected chi connectivity index (χ0v) is 17.7. The first kappa shape index (κ1) is 22.1. The number of nitrogens with one attached hydrogen (secondary N) is 1. The Morgan fingerprint density at radius 3 is 2.34 bits per heavy atom. The second kappa shape index (κ2) is 9.16. The molecule has 0 bridgehead atoms. The van der Waals surface area contributed by atoms with Crippen LogP contribution < -0.4 is 10.2 Å². The maximum absolute atomic E-state index is 12.9. The van der Waals surface area contributed by atoms with Crippen LogP contribution in [0.5, 0.6) is 0 Å². The zero-order chi connectivity index (χ0) is 22.7. The molecular weight excluding hydrogens is 441 g/mol. The number of halogens is 4. The van der Waals surface area contributed by atoms with Gasteiger partial charge in [0.25, 0.3) is 0 Å². The number of nitrogens with zero attached hydrogens (tertiary/aromatic N) is 3. The first-order valence-electron chi connectivity index (χ1n) is 10.1. The third kappa shape index (κ3) is 5.02. The van der Waals surface area contributed by atoms with E-state index in [1.807, 2.05) is 47.4 Å². The average Bonchev–Trinajstić information content (AvgIpc) is 2.80. The van der Waals surface area contributed by atoms with Crippen LogP contribution in [-0.2, 0) is 11.0 Å². The van der Waals surface area contributed by atoms with Gasteiger partial charge in [0, 0.05) is 24.6 Å². The molecular formula is C23H20ClF3N4O. The van der Waals surface area contributed by atoms with Crippen molar-refractivity contribution in [3.05, 3.63) is 71.2 Å². The Kier molecular flexibility index (Phi) is 6.32. The highest BCUT2D eigenvalue weighted by Crippen LogP contribution is 2.34. The molecule has 5 nitrogen and oxygen atoms in total. The van der Waals surface area contributed by atoms with Crippen LogP contribution in [0, 0.1) is 5.92 Å². The maximum atomic E-state index is 12.9. The van der Waals surface area contributed by atoms with Gasteiger partial charge in [0.05, 0.1) is 22.0 Å². The fourth-order valence-corrected chi connectivity index (χ4v) is 3.82. The van der Waals surface area contributed by atoms with E-state index in [4.69, 9.17) is 11.6 Å². The zero-order valence-electron chi connectivity index (χ0n) is 16.9. The number of rotatable bonds is 4. The van der Waals surface area contributed by atoms with Gasteiger partial charge in [-0.05, 0) is 43.2 Å². The number of piperidine rings is 1. The molecule has 1 aliphatic rings. The van der Waals surface area contributed by atoms with E-state index >= 15 is 0 Å². The van der Waals surface area contributed by atoms with Crippen molar-refractivity contribution >= 4 is 29.0 Å². The lowest BCUT2D eigenvalue weighted by Crippen LogP contribution is -2.38. The Hall–Kier alpha value is -3.13. The van der Waals surface area contributed by atoms with Gasteiger partial charge in [-0.1, -0.05) is 41.9 Å². The number of amides is 1. The average molecular weight is 461 g/mol. The highest BCUT2D eigenvalue weighted by Gasteiger charge is 2.32. The lowest BCUT2D eigenvalue weighted by Gasteiger charge is -2.32. The van der Waals surface area contributed by atoms with Crippen LogP contribution in [0.1, 0.15) is 18.4 Å². The molecule has 0 aliphatic carbocycles. The fraction of sp³-hybridized carbons (Fsp3) is 0.261. The summed E-state index contributed by atoms with van der Waals surface area (Å²) in [6.45, 7) is 1.18. The van der Waals surface area contributed by atoms with E-state index in [1.165, 1.54) is 0 Å². The van der Waals surface area contributed by atoms with Crippen LogP contribution in [-0.4, -0.2) is 29.2 Å². The summed E-state index contributed by atoms with van der Waals surface area (Å²) in [7, 11) is 0. The first-order chi connectivity index (χ1) is 15.3. The summed E-state index contributed by atoms with van der Waals surface area (Å²) in [6.07, 6.45) is -3.42. The van der Waals surface area contributed by atoms with Crippen molar-refractivity contribution in [1.29, 1.82) is 0 Å². The van der Waals surface area contributed by atoms with E-state index < -0.39 is 11.7 Å². The molecule has 1 aromatic heterocycles. The van der Waals surface area contributed by atoms with Gasteiger partial charge >= 0.3 is 6.18 Å². The molecule has 0 atom stereocenters. The van der Waals surface area contributed by atoms with Gasteiger partial charge in [-0.15, -0.1) is 10.2 Å². The molecule has 1 N–H and O–H groups in total. The van der Waals surface area contributed by atoms with Crippen molar-refractivity contribution in [3.63, 3.8) is 0 Å². The van der Waals surface area contributed by atoms with Crippen molar-refractivity contribution in [2.24, 2.45) is 5.92 Å². The SMILES string of the molecule is O=C(Nc1cc(C(F)(F)F)ccc1Cl)C1CCN(c2ccc(-c3ccccc3)nn2)CC1. The molecule has 3 aromatic rings. The molecule has 1 fully saturated rings. The molecule has 9 heteroatoms. The summed E-state index contributed by atoms with van der Waals surface area (Å²) < 4.78 is 38.8. The van der Waals surface area contributed by atoms with Gasteiger partial charge in [0.1, 0.15) is 0 Å². The molecule has 166 valence electrons. The standard InChI is InChI=1S/C23H20ClF3N4O/c24-18-7-6-17(23(25,26)27)14-20(18)28-22(32)16-10-12-31(13-11-16)21-9-8-19(29-30-21)15-4-2-1-3-5-15/h1-9,14,16H,10-13H2,(H,28,32). The number of carbonyl (C=O) groups is 1. The number of benzene rings is 2. The summed E-state index contributed by atoms with van der Waals surface area (Å²) in [6, 6.07) is 16.4. The van der Waals surface area contributed by atoms with E-state index in [-0.39, 0.29) is 22.5 Å². The van der Waals surface area contributed by atoms with Crippen LogP contribution in [0.15, 0.2) is 60.7 Å². The minimum atomic E-state index is -4.51. The number of hydrogen-bond acceptors (Lipinski definition) is 4. The molecule has 1 aliphatic heterocycles. The summed E-state index contributed by atoms with van der Waals surface area (Å²) in [4.78, 5) is 14.7. The lowest BCUT2D eigenvalue weighted by atomic mass is 9.95. The summed E-state index contributed by atoms with van der Waals surface area (Å²) in [5.74, 6) is 0.0641. The maximum Gasteiger partial charge on any atom is 0.416 e. The smallest absolute Gasteiger partial charge is 0.355 e. The van der Waals surface area contributed by atoms with Crippen molar-refractivity contribution in [3.8, 4) is 11.3 Å². The topological polar surface area (TPSA) is 58.1 Å². The highest BCUT2D eigenvalue weighted by molar-refractivity contribution is 6.33. The van der Waals surface area contributed by atoms with Gasteiger partial charge in [0.2, 0.25) is 5.91 Å². The van der Waals surface area contributed by atoms with Crippen LogP contribution in [0.2, 0.25) is 5.02 Å². The second-order valence-electron chi connectivity index (χ2n) is 7.59. The Morgan fingerprint density at radius 1 is 1.00 bits per heavy atom. The number of alkyl halides is 3. The third-order valence-corrected chi connectivity index (χ3v) is 5.79. The van der Waals surface area contributed by atoms with Gasteiger partial charge in [0.15, 0.2) is 5.82 Å². The number of carbonyl (C=O) groups excluding carboxylic acids is 1. The molecule has 1 amide bonds. The predicted octanol–water partition coefficient (Wildman–Crippen LogP) is 5.67. The molecule has 0 spiro atoms. The van der Waals surface area contributed by atoms with Crippen LogP contribution in [0.3, 0.4) is 0 Å². The first-order valence-corrected chi connectivity index (χ1v) is 10.5. The van der Waals surface area contributed by atoms with Crippen molar-refractivity contribution in [1.82, 2.24) is 10.2 Å². The molecule has 0 radical (unpaired) electrons. The Bertz CT molecular complexity index is 1080. The highest BCUT2D eigenvalue weighted by atomic mass is 35.5. The Balaban J connectivity index is 1.36. The van der Waals surface area contributed by atoms with Crippen molar-refractivity contribution < 1.29 is 18.0 Å². The van der Waals surface area contributed by atoms with Crippen LogP contribution in [0.25, 0.3) is 11.3 Å². The van der Waals surface area contributed by atoms with Crippen LogP contribution in [0.4, 0.5) is 24.7 Å². The number of aromatic nitrogens is 2. The molecule has 32 heavy (non-hydrogen) atoms. The molecule has 0 unspecified atom stereocenters. The number of hydrogen-bond donors (Lipinski definition) is 1. The molecule has 1 saturated heterocycles. The normalized spacial score (nSPS) is 14.9. The monoisotopic (exact) mass is 460 g/mol. The molecule has 2 aromatic carbocycles. The quantitative estimate of drug-likeness (QED) is 0.545. The molecule has 4 rings (SSSR count). The van der Waals surface area contributed by atoms with E-state index in [9.17, 15) is 18.0 Å². The minimum absolute atomic E-state index is 0.0312.